The molecule has 2 fully saturated rings. The number of hydrogen-bond donors (Lipinski definition) is 6. The van der Waals surface area contributed by atoms with E-state index in [1.54, 1.807) is 24.7 Å². The number of nitrogens with zero attached hydrogens (tertiary/aromatic N) is 6. The van der Waals surface area contributed by atoms with Crippen LogP contribution in [0.5, 0.6) is 0 Å². The molecule has 6 aromatic heterocycles. The minimum atomic E-state index is -4.58. The maximum atomic E-state index is 14.2. The molecule has 17 heteroatoms. The Labute approximate surface area is 300 Å². The third-order valence-corrected chi connectivity index (χ3v) is 9.76. The number of nitrogens with two attached hydrogens (primary N) is 2. The molecule has 2 unspecified atom stereocenters. The molecule has 0 aromatic carbocycles. The first-order valence-electron chi connectivity index (χ1n) is 17.1. The van der Waals surface area contributed by atoms with Crippen molar-refractivity contribution < 1.29 is 17.6 Å². The Bertz CT molecular complexity index is 2170. The summed E-state index contributed by atoms with van der Waals surface area (Å²) in [5, 5.41) is 8.04. The molecule has 12 nitrogen and oxygen atoms in total. The number of pyridine rings is 2. The standard InChI is InChI=1S/C18H18ClF3N6.C17H19FN6/c19-9-5-10-11(7-25-15(10)24-6-9)16-26-8-12(18(20,21)22)17(28-16)27-14-4-2-1-3-13(14)23;18-12-9-22-16(11-8-21-15-10(11)4-3-7-20-15)24-17(12)23-14-6-2-1-5-13(14)19/h5-8,13-14H,1-4,23H2,(H,24,25)(H,26,27,28);3-4,7-9,13-14H,1-2,5-6,19H2,(H,20,21)(H,22,23,24)/t13-,14-;/m1./s1. The Kier molecular flexibility index (Phi) is 10.2. The lowest BCUT2D eigenvalue weighted by Crippen LogP contribution is -2.43. The minimum absolute atomic E-state index is 0.0221. The molecule has 0 spiro atoms. The normalized spacial score (nSPS) is 20.8. The zero-order valence-corrected chi connectivity index (χ0v) is 28.6. The molecule has 0 radical (unpaired) electrons. The second-order valence-electron chi connectivity index (χ2n) is 13.1. The molecular weight excluding hydrogens is 700 g/mol. The summed E-state index contributed by atoms with van der Waals surface area (Å²) >= 11 is 6.00. The van der Waals surface area contributed by atoms with Crippen LogP contribution in [0.15, 0.2) is 55.4 Å². The molecule has 0 amide bonds. The van der Waals surface area contributed by atoms with Gasteiger partial charge in [-0.05, 0) is 43.9 Å². The summed E-state index contributed by atoms with van der Waals surface area (Å²) in [6.07, 6.45) is 11.5. The molecule has 0 aliphatic heterocycles. The van der Waals surface area contributed by atoms with Gasteiger partial charge in [-0.2, -0.15) is 13.2 Å². The van der Waals surface area contributed by atoms with Crippen molar-refractivity contribution in [1.29, 1.82) is 0 Å². The van der Waals surface area contributed by atoms with Gasteiger partial charge in [-0.1, -0.05) is 37.3 Å². The number of nitrogens with one attached hydrogen (secondary N) is 4. The number of aromatic nitrogens is 8. The molecule has 0 saturated heterocycles. The van der Waals surface area contributed by atoms with E-state index in [1.165, 1.54) is 12.4 Å². The van der Waals surface area contributed by atoms with Gasteiger partial charge in [0.25, 0.3) is 0 Å². The smallest absolute Gasteiger partial charge is 0.365 e. The number of anilines is 2. The van der Waals surface area contributed by atoms with E-state index in [0.29, 0.717) is 33.9 Å². The second kappa shape index (κ2) is 15.0. The van der Waals surface area contributed by atoms with Gasteiger partial charge in [0.05, 0.1) is 11.2 Å². The van der Waals surface area contributed by atoms with Crippen LogP contribution in [0, 0.1) is 5.82 Å². The van der Waals surface area contributed by atoms with Crippen LogP contribution in [-0.2, 0) is 6.18 Å². The fourth-order valence-electron chi connectivity index (χ4n) is 6.76. The summed E-state index contributed by atoms with van der Waals surface area (Å²) in [4.78, 5) is 31.1. The highest BCUT2D eigenvalue weighted by Gasteiger charge is 2.37. The van der Waals surface area contributed by atoms with Gasteiger partial charge in [-0.25, -0.2) is 34.3 Å². The molecule has 52 heavy (non-hydrogen) atoms. The van der Waals surface area contributed by atoms with Crippen molar-refractivity contribution in [1.82, 2.24) is 39.9 Å². The summed E-state index contributed by atoms with van der Waals surface area (Å²) in [6.45, 7) is 0. The number of alkyl halides is 3. The predicted molar refractivity (Wildman–Crippen MR) is 192 cm³/mol. The van der Waals surface area contributed by atoms with Crippen molar-refractivity contribution in [3.05, 3.63) is 71.8 Å². The Morgan fingerprint density at radius 3 is 1.96 bits per heavy atom. The molecule has 272 valence electrons. The number of H-pyrrole nitrogens is 2. The molecule has 8 rings (SSSR count). The van der Waals surface area contributed by atoms with E-state index in [4.69, 9.17) is 23.1 Å². The Balaban J connectivity index is 0.000000164. The van der Waals surface area contributed by atoms with Crippen molar-refractivity contribution in [3.8, 4) is 22.8 Å². The van der Waals surface area contributed by atoms with E-state index in [-0.39, 0.29) is 41.6 Å². The molecule has 0 bridgehead atoms. The number of rotatable bonds is 6. The van der Waals surface area contributed by atoms with Gasteiger partial charge >= 0.3 is 6.18 Å². The lowest BCUT2D eigenvalue weighted by Gasteiger charge is -2.30. The molecule has 8 N–H and O–H groups in total. The highest BCUT2D eigenvalue weighted by atomic mass is 35.5. The van der Waals surface area contributed by atoms with Gasteiger partial charge in [0, 0.05) is 77.1 Å². The van der Waals surface area contributed by atoms with E-state index in [2.05, 4.69) is 50.5 Å². The molecule has 2 aliphatic rings. The molecule has 4 atom stereocenters. The summed E-state index contributed by atoms with van der Waals surface area (Å²) in [5.74, 6) is 0.0944. The SMILES string of the molecule is NC1CCCCC1Nc1nc(-c2c[nH]c3ncccc23)ncc1F.N[C@@H]1CCCC[C@H]1Nc1nc(-c2c[nH]c3ncc(Cl)cc23)ncc1C(F)(F)F. The topological polar surface area (TPSA) is 185 Å². The quantitative estimate of drug-likeness (QED) is 0.0955. The van der Waals surface area contributed by atoms with E-state index in [0.717, 1.165) is 67.7 Å². The zero-order chi connectivity index (χ0) is 36.4. The fourth-order valence-corrected chi connectivity index (χ4v) is 6.92. The molecular formula is C35H37ClF4N12. The third kappa shape index (κ3) is 7.64. The van der Waals surface area contributed by atoms with E-state index >= 15 is 0 Å². The lowest BCUT2D eigenvalue weighted by molar-refractivity contribution is -0.137. The van der Waals surface area contributed by atoms with E-state index in [1.807, 2.05) is 12.1 Å². The lowest BCUT2D eigenvalue weighted by atomic mass is 9.91. The highest BCUT2D eigenvalue weighted by Crippen LogP contribution is 2.37. The first kappa shape index (κ1) is 35.5. The van der Waals surface area contributed by atoms with E-state index < -0.39 is 17.6 Å². The summed E-state index contributed by atoms with van der Waals surface area (Å²) in [7, 11) is 0. The molecule has 2 aliphatic carbocycles. The summed E-state index contributed by atoms with van der Waals surface area (Å²) in [6, 6.07) is 5.03. The van der Waals surface area contributed by atoms with Crippen molar-refractivity contribution in [2.45, 2.75) is 81.7 Å². The summed E-state index contributed by atoms with van der Waals surface area (Å²) < 4.78 is 54.6. The predicted octanol–water partition coefficient (Wildman–Crippen LogP) is 7.21. The second-order valence-corrected chi connectivity index (χ2v) is 13.5. The number of halogens is 5. The van der Waals surface area contributed by atoms with Gasteiger partial charge in [0.2, 0.25) is 0 Å². The maximum absolute atomic E-state index is 14.2. The van der Waals surface area contributed by atoms with Crippen LogP contribution < -0.4 is 22.1 Å². The van der Waals surface area contributed by atoms with Crippen molar-refractivity contribution >= 4 is 45.3 Å². The van der Waals surface area contributed by atoms with Crippen molar-refractivity contribution in [3.63, 3.8) is 0 Å². The van der Waals surface area contributed by atoms with Crippen molar-refractivity contribution in [2.24, 2.45) is 11.5 Å². The Hall–Kier alpha value is -4.93. The van der Waals surface area contributed by atoms with Gasteiger partial charge in [0.15, 0.2) is 23.3 Å². The molecule has 6 heterocycles. The number of fused-ring (bicyclic) bond motifs is 2. The molecule has 6 aromatic rings. The first-order chi connectivity index (χ1) is 25.0. The van der Waals surface area contributed by atoms with Crippen LogP contribution in [0.3, 0.4) is 0 Å². The first-order valence-corrected chi connectivity index (χ1v) is 17.5. The van der Waals surface area contributed by atoms with Crippen LogP contribution in [-0.4, -0.2) is 64.0 Å². The average molecular weight is 737 g/mol. The summed E-state index contributed by atoms with van der Waals surface area (Å²) in [5.41, 5.74) is 13.9. The van der Waals surface area contributed by atoms with Gasteiger partial charge in [-0.3, -0.25) is 0 Å². The van der Waals surface area contributed by atoms with Gasteiger partial charge in [-0.15, -0.1) is 0 Å². The van der Waals surface area contributed by atoms with Gasteiger partial charge in [0.1, 0.15) is 22.7 Å². The maximum Gasteiger partial charge on any atom is 0.421 e. The highest BCUT2D eigenvalue weighted by molar-refractivity contribution is 6.31. The van der Waals surface area contributed by atoms with Crippen LogP contribution in [0.25, 0.3) is 44.8 Å². The fraction of sp³-hybridized carbons (Fsp3) is 0.371. The van der Waals surface area contributed by atoms with Crippen LogP contribution >= 0.6 is 11.6 Å². The van der Waals surface area contributed by atoms with E-state index in [9.17, 15) is 17.6 Å². The van der Waals surface area contributed by atoms with Crippen molar-refractivity contribution in [2.75, 3.05) is 10.6 Å². The zero-order valence-electron chi connectivity index (χ0n) is 27.9. The largest absolute Gasteiger partial charge is 0.421 e. The molecule has 2 saturated carbocycles. The Morgan fingerprint density at radius 2 is 1.31 bits per heavy atom. The monoisotopic (exact) mass is 736 g/mol. The number of aromatic amines is 2. The number of hydrogen-bond acceptors (Lipinski definition) is 10. The minimum Gasteiger partial charge on any atom is -0.365 e. The van der Waals surface area contributed by atoms with Gasteiger partial charge < -0.3 is 32.1 Å². The Morgan fingerprint density at radius 1 is 0.731 bits per heavy atom. The van der Waals surface area contributed by atoms with Crippen LogP contribution in [0.4, 0.5) is 29.2 Å². The third-order valence-electron chi connectivity index (χ3n) is 9.55. The van der Waals surface area contributed by atoms with Crippen LogP contribution in [0.2, 0.25) is 5.02 Å². The average Bonchev–Trinajstić information content (AvgIpc) is 3.75. The van der Waals surface area contributed by atoms with Crippen LogP contribution in [0.1, 0.15) is 56.9 Å².